The number of nitrogens with zero attached hydrogens (tertiary/aromatic N) is 3. The fourth-order valence-corrected chi connectivity index (χ4v) is 4.22. The minimum absolute atomic E-state index is 0.0551. The number of carbonyl (C=O) groups is 2. The summed E-state index contributed by atoms with van der Waals surface area (Å²) >= 11 is 0. The second-order valence-electron chi connectivity index (χ2n) is 8.31. The van der Waals surface area contributed by atoms with E-state index in [0.717, 1.165) is 17.7 Å². The van der Waals surface area contributed by atoms with Crippen LogP contribution in [0.15, 0.2) is 28.8 Å². The van der Waals surface area contributed by atoms with Crippen LogP contribution in [0.4, 0.5) is 13.2 Å². The Kier molecular flexibility index (Phi) is 5.31. The molecule has 1 aromatic heterocycles. The van der Waals surface area contributed by atoms with Gasteiger partial charge < -0.3 is 14.3 Å². The number of rotatable bonds is 4. The lowest BCUT2D eigenvalue weighted by Gasteiger charge is -2.37. The van der Waals surface area contributed by atoms with Crippen molar-refractivity contribution in [3.05, 3.63) is 52.4 Å². The number of piperazine rings is 1. The number of alkyl halides is 3. The molecule has 1 saturated carbocycles. The third-order valence-electron chi connectivity index (χ3n) is 6.33. The van der Waals surface area contributed by atoms with Crippen LogP contribution in [0.2, 0.25) is 0 Å². The van der Waals surface area contributed by atoms with Crippen LogP contribution in [-0.4, -0.2) is 52.9 Å². The van der Waals surface area contributed by atoms with E-state index in [1.54, 1.807) is 29.7 Å². The standard InChI is InChI=1S/C22H24F3N3O3/c1-14-18(15(2)31-26-14)13-19(29)27-8-10-28(11-9-27)20(30)21(6-7-21)16-4-3-5-17(12-16)22(23,24)25/h3-5,12H,6-11,13H2,1-2H3. The quantitative estimate of drug-likeness (QED) is 0.740. The topological polar surface area (TPSA) is 66.7 Å². The van der Waals surface area contributed by atoms with Crippen molar-refractivity contribution in [1.82, 2.24) is 15.0 Å². The zero-order chi connectivity index (χ0) is 22.4. The molecular formula is C22H24F3N3O3. The summed E-state index contributed by atoms with van der Waals surface area (Å²) in [7, 11) is 0. The Morgan fingerprint density at radius 1 is 1.10 bits per heavy atom. The molecule has 1 aliphatic carbocycles. The Morgan fingerprint density at radius 2 is 1.74 bits per heavy atom. The zero-order valence-corrected chi connectivity index (χ0v) is 17.5. The van der Waals surface area contributed by atoms with E-state index in [4.69, 9.17) is 4.52 Å². The lowest BCUT2D eigenvalue weighted by Crippen LogP contribution is -2.53. The maximum absolute atomic E-state index is 13.2. The molecule has 0 bridgehead atoms. The summed E-state index contributed by atoms with van der Waals surface area (Å²) in [6, 6.07) is 5.07. The summed E-state index contributed by atoms with van der Waals surface area (Å²) in [6.45, 7) is 5.08. The first-order valence-electron chi connectivity index (χ1n) is 10.3. The maximum Gasteiger partial charge on any atom is 0.416 e. The maximum atomic E-state index is 13.2. The van der Waals surface area contributed by atoms with Gasteiger partial charge in [0.1, 0.15) is 5.76 Å². The molecule has 31 heavy (non-hydrogen) atoms. The highest BCUT2D eigenvalue weighted by molar-refractivity contribution is 5.91. The van der Waals surface area contributed by atoms with E-state index in [1.807, 2.05) is 0 Å². The molecule has 0 spiro atoms. The van der Waals surface area contributed by atoms with Gasteiger partial charge in [0.15, 0.2) is 0 Å². The second-order valence-corrected chi connectivity index (χ2v) is 8.31. The molecule has 0 N–H and O–H groups in total. The van der Waals surface area contributed by atoms with Gasteiger partial charge in [-0.15, -0.1) is 0 Å². The van der Waals surface area contributed by atoms with Crippen molar-refractivity contribution < 1.29 is 27.3 Å². The highest BCUT2D eigenvalue weighted by Gasteiger charge is 2.53. The van der Waals surface area contributed by atoms with E-state index in [2.05, 4.69) is 5.16 Å². The predicted octanol–water partition coefficient (Wildman–Crippen LogP) is 3.26. The normalized spacial score (nSPS) is 18.2. The summed E-state index contributed by atoms with van der Waals surface area (Å²) in [6.07, 6.45) is -3.16. The summed E-state index contributed by atoms with van der Waals surface area (Å²) < 4.78 is 44.4. The van der Waals surface area contributed by atoms with E-state index in [0.29, 0.717) is 56.0 Å². The van der Waals surface area contributed by atoms with Gasteiger partial charge in [0, 0.05) is 31.7 Å². The third kappa shape index (κ3) is 4.05. The van der Waals surface area contributed by atoms with Gasteiger partial charge in [-0.2, -0.15) is 13.2 Å². The van der Waals surface area contributed by atoms with Crippen LogP contribution in [0.3, 0.4) is 0 Å². The molecule has 9 heteroatoms. The SMILES string of the molecule is Cc1noc(C)c1CC(=O)N1CCN(C(=O)C2(c3cccc(C(F)(F)F)c3)CC2)CC1. The molecule has 2 aliphatic rings. The average Bonchev–Trinajstić information content (AvgIpc) is 3.51. The summed E-state index contributed by atoms with van der Waals surface area (Å²) in [4.78, 5) is 29.2. The molecule has 6 nitrogen and oxygen atoms in total. The number of amides is 2. The van der Waals surface area contributed by atoms with Gasteiger partial charge in [-0.05, 0) is 38.3 Å². The van der Waals surface area contributed by atoms with Crippen molar-refractivity contribution >= 4 is 11.8 Å². The van der Waals surface area contributed by atoms with Crippen LogP contribution in [0.25, 0.3) is 0 Å². The molecule has 0 atom stereocenters. The first kappa shape index (κ1) is 21.4. The van der Waals surface area contributed by atoms with Gasteiger partial charge in [-0.25, -0.2) is 0 Å². The lowest BCUT2D eigenvalue weighted by atomic mass is 9.92. The highest BCUT2D eigenvalue weighted by Crippen LogP contribution is 2.50. The van der Waals surface area contributed by atoms with Crippen LogP contribution in [0.1, 0.15) is 41.0 Å². The van der Waals surface area contributed by atoms with Crippen LogP contribution >= 0.6 is 0 Å². The molecule has 1 saturated heterocycles. The Balaban J connectivity index is 1.40. The first-order chi connectivity index (χ1) is 14.6. The summed E-state index contributed by atoms with van der Waals surface area (Å²) in [5.41, 5.74) is 0.286. The van der Waals surface area contributed by atoms with Crippen molar-refractivity contribution in [3.8, 4) is 0 Å². The number of hydrogen-bond acceptors (Lipinski definition) is 4. The van der Waals surface area contributed by atoms with Crippen molar-refractivity contribution in [2.45, 2.75) is 44.7 Å². The molecule has 4 rings (SSSR count). The van der Waals surface area contributed by atoms with Crippen molar-refractivity contribution in [3.63, 3.8) is 0 Å². The monoisotopic (exact) mass is 435 g/mol. The van der Waals surface area contributed by atoms with Crippen LogP contribution in [-0.2, 0) is 27.6 Å². The third-order valence-corrected chi connectivity index (χ3v) is 6.33. The Bertz CT molecular complexity index is 983. The van der Waals surface area contributed by atoms with Gasteiger partial charge >= 0.3 is 6.18 Å². The van der Waals surface area contributed by atoms with Crippen LogP contribution in [0.5, 0.6) is 0 Å². The van der Waals surface area contributed by atoms with Gasteiger partial charge in [0.2, 0.25) is 11.8 Å². The summed E-state index contributed by atoms with van der Waals surface area (Å²) in [5.74, 6) is 0.418. The number of halogens is 3. The smallest absolute Gasteiger partial charge is 0.361 e. The predicted molar refractivity (Wildman–Crippen MR) is 105 cm³/mol. The largest absolute Gasteiger partial charge is 0.416 e. The molecular weight excluding hydrogens is 411 g/mol. The van der Waals surface area contributed by atoms with Crippen LogP contribution < -0.4 is 0 Å². The Labute approximate surface area is 178 Å². The lowest BCUT2D eigenvalue weighted by molar-refractivity contribution is -0.141. The summed E-state index contributed by atoms with van der Waals surface area (Å²) in [5, 5.41) is 3.86. The number of hydrogen-bond donors (Lipinski definition) is 0. The molecule has 2 heterocycles. The number of aromatic nitrogens is 1. The molecule has 1 aromatic carbocycles. The van der Waals surface area contributed by atoms with Gasteiger partial charge in [0.25, 0.3) is 0 Å². The molecule has 0 radical (unpaired) electrons. The van der Waals surface area contributed by atoms with Crippen molar-refractivity contribution in [2.24, 2.45) is 0 Å². The fraction of sp³-hybridized carbons (Fsp3) is 0.500. The van der Waals surface area contributed by atoms with E-state index >= 15 is 0 Å². The number of aryl methyl sites for hydroxylation is 2. The zero-order valence-electron chi connectivity index (χ0n) is 17.5. The fourth-order valence-electron chi connectivity index (χ4n) is 4.22. The van der Waals surface area contributed by atoms with E-state index in [-0.39, 0.29) is 18.2 Å². The van der Waals surface area contributed by atoms with Gasteiger partial charge in [-0.3, -0.25) is 9.59 Å². The van der Waals surface area contributed by atoms with Crippen molar-refractivity contribution in [2.75, 3.05) is 26.2 Å². The van der Waals surface area contributed by atoms with Gasteiger partial charge in [-0.1, -0.05) is 23.4 Å². The average molecular weight is 435 g/mol. The molecule has 1 aliphatic heterocycles. The highest BCUT2D eigenvalue weighted by atomic mass is 19.4. The molecule has 166 valence electrons. The number of benzene rings is 1. The molecule has 2 amide bonds. The van der Waals surface area contributed by atoms with E-state index in [9.17, 15) is 22.8 Å². The van der Waals surface area contributed by atoms with E-state index in [1.165, 1.54) is 6.07 Å². The molecule has 0 unspecified atom stereocenters. The Morgan fingerprint density at radius 3 is 2.29 bits per heavy atom. The van der Waals surface area contributed by atoms with Gasteiger partial charge in [0.05, 0.1) is 23.1 Å². The molecule has 2 aromatic rings. The first-order valence-corrected chi connectivity index (χ1v) is 10.3. The number of carbonyl (C=O) groups excluding carboxylic acids is 2. The van der Waals surface area contributed by atoms with Crippen LogP contribution in [0, 0.1) is 13.8 Å². The Hall–Kier alpha value is -2.84. The van der Waals surface area contributed by atoms with E-state index < -0.39 is 17.2 Å². The minimum Gasteiger partial charge on any atom is -0.361 e. The minimum atomic E-state index is -4.44. The second kappa shape index (κ2) is 7.69. The molecule has 2 fully saturated rings. The van der Waals surface area contributed by atoms with Crippen molar-refractivity contribution in [1.29, 1.82) is 0 Å².